The lowest BCUT2D eigenvalue weighted by atomic mass is 9.53. The molecule has 1 aliphatic heterocycles. The molecule has 3 aliphatic rings. The minimum atomic E-state index is -0.535. The van der Waals surface area contributed by atoms with Crippen molar-refractivity contribution in [2.75, 3.05) is 24.6 Å². The fourth-order valence-corrected chi connectivity index (χ4v) is 8.44. The molecule has 6 nitrogen and oxygen atoms in total. The molecule has 1 N–H and O–H groups in total. The predicted molar refractivity (Wildman–Crippen MR) is 137 cm³/mol. The zero-order valence-electron chi connectivity index (χ0n) is 21.4. The van der Waals surface area contributed by atoms with Crippen LogP contribution >= 0.6 is 23.1 Å². The Balaban J connectivity index is 1.50. The number of nitrogens with zero attached hydrogens (tertiary/aromatic N) is 2. The van der Waals surface area contributed by atoms with Gasteiger partial charge in [-0.3, -0.25) is 9.59 Å². The van der Waals surface area contributed by atoms with Crippen LogP contribution in [-0.2, 0) is 27.4 Å². The summed E-state index contributed by atoms with van der Waals surface area (Å²) in [6.45, 7) is 13.9. The van der Waals surface area contributed by atoms with Gasteiger partial charge in [0.25, 0.3) is 0 Å². The summed E-state index contributed by atoms with van der Waals surface area (Å²) in [7, 11) is 0. The predicted octanol–water partition coefficient (Wildman–Crippen LogP) is 4.50. The molecule has 1 saturated carbocycles. The van der Waals surface area contributed by atoms with E-state index in [0.29, 0.717) is 0 Å². The van der Waals surface area contributed by atoms with Crippen molar-refractivity contribution in [1.29, 1.82) is 0 Å². The number of amides is 1. The highest BCUT2D eigenvalue weighted by molar-refractivity contribution is 7.99. The molecule has 0 unspecified atom stereocenters. The van der Waals surface area contributed by atoms with Crippen molar-refractivity contribution >= 4 is 35.0 Å². The van der Waals surface area contributed by atoms with Gasteiger partial charge in [-0.05, 0) is 57.3 Å². The molecule has 1 aromatic rings. The molecule has 2 aliphatic carbocycles. The van der Waals surface area contributed by atoms with Crippen LogP contribution < -0.4 is 0 Å². The minimum Gasteiger partial charge on any atom is -0.458 e. The standard InChI is InChI=1S/C26H40N2O4S2/c1-15(23(30)28-9-11-33-12-10-28)17-7-8-26(6)13-18-21(16(2)20(26)22(17)29)27-19(34-18)14-32-24(31)25(3,4)5/h15-17,20,22,29H,7-14H2,1-6H3/t15-,16+,17-,20+,22-,26+/m0/s1. The maximum Gasteiger partial charge on any atom is 0.311 e. The summed E-state index contributed by atoms with van der Waals surface area (Å²) < 4.78 is 5.52. The van der Waals surface area contributed by atoms with Crippen molar-refractivity contribution < 1.29 is 19.4 Å². The maximum atomic E-state index is 13.2. The van der Waals surface area contributed by atoms with E-state index < -0.39 is 11.5 Å². The number of carbonyl (C=O) groups excluding carboxylic acids is 2. The van der Waals surface area contributed by atoms with E-state index in [4.69, 9.17) is 9.72 Å². The van der Waals surface area contributed by atoms with Gasteiger partial charge >= 0.3 is 5.97 Å². The molecular formula is C26H40N2O4S2. The van der Waals surface area contributed by atoms with E-state index in [1.165, 1.54) is 4.88 Å². The van der Waals surface area contributed by atoms with Crippen LogP contribution in [0.25, 0.3) is 0 Å². The third-order valence-electron chi connectivity index (χ3n) is 8.26. The average Bonchev–Trinajstić information content (AvgIpc) is 3.19. The molecule has 1 amide bonds. The van der Waals surface area contributed by atoms with E-state index in [1.807, 2.05) is 44.4 Å². The quantitative estimate of drug-likeness (QED) is 0.604. The molecule has 2 fully saturated rings. The van der Waals surface area contributed by atoms with Gasteiger partial charge in [-0.15, -0.1) is 11.3 Å². The Morgan fingerprint density at radius 2 is 1.97 bits per heavy atom. The second-order valence-corrected chi connectivity index (χ2v) is 14.2. The number of thioether (sulfide) groups is 1. The first-order chi connectivity index (χ1) is 15.9. The second-order valence-electron chi connectivity index (χ2n) is 11.8. The molecule has 1 aromatic heterocycles. The Hall–Kier alpha value is -1.12. The van der Waals surface area contributed by atoms with Gasteiger partial charge in [0.15, 0.2) is 0 Å². The third-order valence-corrected chi connectivity index (χ3v) is 10.2. The molecule has 0 aromatic carbocycles. The normalized spacial score (nSPS) is 32.5. The Kier molecular flexibility index (Phi) is 7.43. The van der Waals surface area contributed by atoms with Gasteiger partial charge in [-0.2, -0.15) is 11.8 Å². The summed E-state index contributed by atoms with van der Waals surface area (Å²) >= 11 is 3.55. The van der Waals surface area contributed by atoms with Gasteiger partial charge in [0.05, 0.1) is 17.2 Å². The number of aliphatic hydroxyl groups excluding tert-OH is 1. The topological polar surface area (TPSA) is 79.7 Å². The van der Waals surface area contributed by atoms with Crippen molar-refractivity contribution in [3.63, 3.8) is 0 Å². The number of esters is 1. The lowest BCUT2D eigenvalue weighted by molar-refractivity contribution is -0.154. The molecule has 34 heavy (non-hydrogen) atoms. The van der Waals surface area contributed by atoms with Crippen LogP contribution in [0.5, 0.6) is 0 Å². The number of hydrogen-bond acceptors (Lipinski definition) is 7. The summed E-state index contributed by atoms with van der Waals surface area (Å²) in [5.74, 6) is 1.97. The first kappa shape index (κ1) is 26.0. The molecule has 190 valence electrons. The Labute approximate surface area is 212 Å². The maximum absolute atomic E-state index is 13.2. The smallest absolute Gasteiger partial charge is 0.311 e. The van der Waals surface area contributed by atoms with Crippen LogP contribution in [0.15, 0.2) is 0 Å². The molecule has 8 heteroatoms. The number of carbonyl (C=O) groups is 2. The van der Waals surface area contributed by atoms with Crippen LogP contribution in [0.1, 0.15) is 75.9 Å². The van der Waals surface area contributed by atoms with E-state index in [2.05, 4.69) is 13.8 Å². The van der Waals surface area contributed by atoms with Crippen LogP contribution in [0.4, 0.5) is 0 Å². The Morgan fingerprint density at radius 1 is 1.29 bits per heavy atom. The van der Waals surface area contributed by atoms with Gasteiger partial charge in [-0.1, -0.05) is 20.8 Å². The van der Waals surface area contributed by atoms with E-state index in [0.717, 1.165) is 54.6 Å². The monoisotopic (exact) mass is 508 g/mol. The largest absolute Gasteiger partial charge is 0.458 e. The summed E-state index contributed by atoms with van der Waals surface area (Å²) in [5.41, 5.74) is 0.493. The van der Waals surface area contributed by atoms with Crippen LogP contribution in [-0.4, -0.2) is 57.6 Å². The molecule has 0 radical (unpaired) electrons. The van der Waals surface area contributed by atoms with Crippen LogP contribution in [0.3, 0.4) is 0 Å². The number of aromatic nitrogens is 1. The molecule has 0 spiro atoms. The Bertz CT molecular complexity index is 920. The number of aliphatic hydroxyl groups is 1. The lowest BCUT2D eigenvalue weighted by Crippen LogP contribution is -2.54. The molecule has 4 rings (SSSR count). The van der Waals surface area contributed by atoms with Crippen molar-refractivity contribution in [2.24, 2.45) is 28.6 Å². The average molecular weight is 509 g/mol. The molecule has 2 heterocycles. The highest BCUT2D eigenvalue weighted by Crippen LogP contribution is 2.57. The van der Waals surface area contributed by atoms with E-state index >= 15 is 0 Å². The first-order valence-corrected chi connectivity index (χ1v) is 14.6. The zero-order chi connectivity index (χ0) is 24.8. The minimum absolute atomic E-state index is 0.0151. The number of rotatable bonds is 4. The van der Waals surface area contributed by atoms with Gasteiger partial charge in [-0.25, -0.2) is 4.98 Å². The molecule has 6 atom stereocenters. The van der Waals surface area contributed by atoms with E-state index in [1.54, 1.807) is 11.3 Å². The van der Waals surface area contributed by atoms with Crippen molar-refractivity contribution in [3.8, 4) is 0 Å². The lowest BCUT2D eigenvalue weighted by Gasteiger charge is -2.53. The highest BCUT2D eigenvalue weighted by atomic mass is 32.2. The van der Waals surface area contributed by atoms with E-state index in [-0.39, 0.29) is 47.6 Å². The summed E-state index contributed by atoms with van der Waals surface area (Å²) in [6, 6.07) is 0. The number of fused-ring (bicyclic) bond motifs is 2. The van der Waals surface area contributed by atoms with Crippen molar-refractivity contribution in [1.82, 2.24) is 9.88 Å². The van der Waals surface area contributed by atoms with Gasteiger partial charge in [0, 0.05) is 41.3 Å². The van der Waals surface area contributed by atoms with Crippen molar-refractivity contribution in [2.45, 2.75) is 79.4 Å². The summed E-state index contributed by atoms with van der Waals surface area (Å²) in [5, 5.41) is 12.5. The second kappa shape index (κ2) is 9.74. The van der Waals surface area contributed by atoms with Crippen LogP contribution in [0.2, 0.25) is 0 Å². The van der Waals surface area contributed by atoms with Gasteiger partial charge in [0.1, 0.15) is 11.6 Å². The molecule has 1 saturated heterocycles. The SMILES string of the molecule is C[C@H](C(=O)N1CCSCC1)[C@@H]1CC[C@]2(C)Cc3sc(COC(=O)C(C)(C)C)nc3[C@H](C)[C@@H]2[C@H]1O. The number of thiazole rings is 1. The number of hydrogen-bond donors (Lipinski definition) is 1. The molecular weight excluding hydrogens is 468 g/mol. The first-order valence-electron chi connectivity index (χ1n) is 12.6. The van der Waals surface area contributed by atoms with Gasteiger partial charge < -0.3 is 14.7 Å². The molecule has 0 bridgehead atoms. The number of ether oxygens (including phenoxy) is 1. The zero-order valence-corrected chi connectivity index (χ0v) is 23.1. The fraction of sp³-hybridized carbons (Fsp3) is 0.808. The highest BCUT2D eigenvalue weighted by Gasteiger charge is 2.54. The Morgan fingerprint density at radius 3 is 2.62 bits per heavy atom. The van der Waals surface area contributed by atoms with Crippen molar-refractivity contribution in [3.05, 3.63) is 15.6 Å². The summed E-state index contributed by atoms with van der Waals surface area (Å²) in [6.07, 6.45) is 2.24. The summed E-state index contributed by atoms with van der Waals surface area (Å²) in [4.78, 5) is 33.5. The van der Waals surface area contributed by atoms with Gasteiger partial charge in [0.2, 0.25) is 5.91 Å². The third kappa shape index (κ3) is 4.92. The fourth-order valence-electron chi connectivity index (χ4n) is 6.26. The van der Waals surface area contributed by atoms with E-state index in [9.17, 15) is 14.7 Å². The van der Waals surface area contributed by atoms with Crippen LogP contribution in [0, 0.1) is 28.6 Å².